The van der Waals surface area contributed by atoms with Gasteiger partial charge in [-0.1, -0.05) is 36.4 Å². The lowest BCUT2D eigenvalue weighted by atomic mass is 10.1. The minimum Gasteiger partial charge on any atom is -0.489 e. The van der Waals surface area contributed by atoms with Gasteiger partial charge in [-0.3, -0.25) is 9.48 Å². The smallest absolute Gasteiger partial charge is 0.416 e. The first-order valence-electron chi connectivity index (χ1n) is 11.8. The van der Waals surface area contributed by atoms with Crippen molar-refractivity contribution in [2.24, 2.45) is 0 Å². The molecule has 192 valence electrons. The fraction of sp³-hybridized carbons (Fsp3) is 0.241. The second kappa shape index (κ2) is 10.5. The van der Waals surface area contributed by atoms with Crippen molar-refractivity contribution < 1.29 is 22.7 Å². The summed E-state index contributed by atoms with van der Waals surface area (Å²) >= 11 is 0. The van der Waals surface area contributed by atoms with Crippen LogP contribution in [0.1, 0.15) is 49.6 Å². The maximum atomic E-state index is 13.1. The third-order valence-corrected chi connectivity index (χ3v) is 6.13. The number of amides is 1. The number of anilines is 1. The highest BCUT2D eigenvalue weighted by molar-refractivity contribution is 6.05. The van der Waals surface area contributed by atoms with Crippen LogP contribution in [0.2, 0.25) is 0 Å². The van der Waals surface area contributed by atoms with Gasteiger partial charge in [-0.25, -0.2) is 0 Å². The lowest BCUT2D eigenvalue weighted by Crippen LogP contribution is -2.14. The predicted octanol–water partition coefficient (Wildman–Crippen LogP) is 7.02. The first-order chi connectivity index (χ1) is 17.5. The number of hydrogen-bond acceptors (Lipinski definition) is 3. The predicted molar refractivity (Wildman–Crippen MR) is 137 cm³/mol. The van der Waals surface area contributed by atoms with E-state index >= 15 is 0 Å². The fourth-order valence-corrected chi connectivity index (χ4v) is 4.06. The summed E-state index contributed by atoms with van der Waals surface area (Å²) in [6, 6.07) is 18.3. The number of ether oxygens (including phenoxy) is 1. The largest absolute Gasteiger partial charge is 0.489 e. The Hall–Kier alpha value is -4.07. The topological polar surface area (TPSA) is 56.1 Å². The first kappa shape index (κ1) is 26.0. The molecule has 0 atom stereocenters. The molecule has 3 aromatic carbocycles. The van der Waals surface area contributed by atoms with Gasteiger partial charge in [-0.05, 0) is 80.3 Å². The fourth-order valence-electron chi connectivity index (χ4n) is 4.06. The third-order valence-electron chi connectivity index (χ3n) is 6.13. The van der Waals surface area contributed by atoms with Crippen molar-refractivity contribution in [1.29, 1.82) is 0 Å². The van der Waals surface area contributed by atoms with Crippen LogP contribution in [0.5, 0.6) is 5.75 Å². The third kappa shape index (κ3) is 6.20. The molecule has 4 rings (SSSR count). The molecule has 1 amide bonds. The van der Waals surface area contributed by atoms with Gasteiger partial charge >= 0.3 is 6.18 Å². The molecular weight excluding hydrogens is 479 g/mol. The van der Waals surface area contributed by atoms with Crippen molar-refractivity contribution in [2.45, 2.75) is 47.0 Å². The second-order valence-electron chi connectivity index (χ2n) is 9.11. The molecule has 0 saturated heterocycles. The molecular formula is C29H28F3N3O2. The summed E-state index contributed by atoms with van der Waals surface area (Å²) < 4.78 is 46.8. The molecule has 0 bridgehead atoms. The average Bonchev–Trinajstić information content (AvgIpc) is 3.11. The SMILES string of the molecule is Cc1ccc(C)c(OCc2cccc(C(=O)Nc3c(C)nn(Cc4cccc(C(F)(F)F)c4)c3C)c2)c1. The summed E-state index contributed by atoms with van der Waals surface area (Å²) in [5.41, 5.74) is 4.98. The number of alkyl halides is 3. The number of benzene rings is 3. The number of carbonyl (C=O) groups excluding carboxylic acids is 1. The molecule has 1 aromatic heterocycles. The van der Waals surface area contributed by atoms with E-state index in [0.717, 1.165) is 34.6 Å². The van der Waals surface area contributed by atoms with E-state index in [0.29, 0.717) is 34.8 Å². The molecule has 0 aliphatic carbocycles. The number of carbonyl (C=O) groups is 1. The molecule has 0 spiro atoms. The van der Waals surface area contributed by atoms with E-state index in [9.17, 15) is 18.0 Å². The molecule has 0 aliphatic rings. The number of nitrogens with one attached hydrogen (secondary N) is 1. The van der Waals surface area contributed by atoms with Gasteiger partial charge in [0.05, 0.1) is 29.2 Å². The summed E-state index contributed by atoms with van der Waals surface area (Å²) in [6.45, 7) is 7.98. The van der Waals surface area contributed by atoms with E-state index in [1.165, 1.54) is 6.07 Å². The van der Waals surface area contributed by atoms with Crippen molar-refractivity contribution in [3.63, 3.8) is 0 Å². The van der Waals surface area contributed by atoms with Gasteiger partial charge in [0, 0.05) is 5.56 Å². The Balaban J connectivity index is 1.47. The van der Waals surface area contributed by atoms with Crippen molar-refractivity contribution >= 4 is 11.6 Å². The summed E-state index contributed by atoms with van der Waals surface area (Å²) in [7, 11) is 0. The number of aryl methyl sites for hydroxylation is 3. The second-order valence-corrected chi connectivity index (χ2v) is 9.11. The minimum atomic E-state index is -4.41. The van der Waals surface area contributed by atoms with Gasteiger partial charge in [-0.15, -0.1) is 0 Å². The van der Waals surface area contributed by atoms with E-state index in [1.807, 2.05) is 38.1 Å². The Bertz CT molecular complexity index is 1440. The first-order valence-corrected chi connectivity index (χ1v) is 11.8. The van der Waals surface area contributed by atoms with Crippen molar-refractivity contribution in [1.82, 2.24) is 9.78 Å². The molecule has 0 radical (unpaired) electrons. The normalized spacial score (nSPS) is 11.4. The lowest BCUT2D eigenvalue weighted by Gasteiger charge is -2.12. The van der Waals surface area contributed by atoms with Gasteiger partial charge in [-0.2, -0.15) is 18.3 Å². The van der Waals surface area contributed by atoms with Gasteiger partial charge in [0.25, 0.3) is 5.91 Å². The monoisotopic (exact) mass is 507 g/mol. The van der Waals surface area contributed by atoms with Crippen molar-refractivity contribution in [2.75, 3.05) is 5.32 Å². The quantitative estimate of drug-likeness (QED) is 0.293. The highest BCUT2D eigenvalue weighted by atomic mass is 19.4. The molecule has 4 aromatic rings. The van der Waals surface area contributed by atoms with Gasteiger partial charge in [0.1, 0.15) is 12.4 Å². The molecule has 0 saturated carbocycles. The molecule has 1 N–H and O–H groups in total. The van der Waals surface area contributed by atoms with E-state index in [4.69, 9.17) is 4.74 Å². The van der Waals surface area contributed by atoms with Crippen molar-refractivity contribution in [3.8, 4) is 5.75 Å². The van der Waals surface area contributed by atoms with Crippen LogP contribution in [-0.2, 0) is 19.3 Å². The minimum absolute atomic E-state index is 0.150. The highest BCUT2D eigenvalue weighted by Crippen LogP contribution is 2.30. The highest BCUT2D eigenvalue weighted by Gasteiger charge is 2.30. The van der Waals surface area contributed by atoms with Gasteiger partial charge in [0.15, 0.2) is 0 Å². The van der Waals surface area contributed by atoms with Crippen LogP contribution in [0, 0.1) is 27.7 Å². The molecule has 5 nitrogen and oxygen atoms in total. The van der Waals surface area contributed by atoms with Crippen molar-refractivity contribution in [3.05, 3.63) is 111 Å². The van der Waals surface area contributed by atoms with Gasteiger partial charge in [0.2, 0.25) is 0 Å². The van der Waals surface area contributed by atoms with Crippen LogP contribution in [0.15, 0.2) is 66.7 Å². The lowest BCUT2D eigenvalue weighted by molar-refractivity contribution is -0.137. The number of aromatic nitrogens is 2. The van der Waals surface area contributed by atoms with Gasteiger partial charge < -0.3 is 10.1 Å². The number of hydrogen-bond donors (Lipinski definition) is 1. The molecule has 0 fully saturated rings. The van der Waals surface area contributed by atoms with Crippen LogP contribution in [0.4, 0.5) is 18.9 Å². The average molecular weight is 508 g/mol. The maximum Gasteiger partial charge on any atom is 0.416 e. The van der Waals surface area contributed by atoms with Crippen LogP contribution in [0.3, 0.4) is 0 Å². The zero-order valence-corrected chi connectivity index (χ0v) is 21.1. The Morgan fingerprint density at radius 3 is 2.43 bits per heavy atom. The zero-order valence-electron chi connectivity index (χ0n) is 21.1. The zero-order chi connectivity index (χ0) is 26.7. The maximum absolute atomic E-state index is 13.1. The molecule has 37 heavy (non-hydrogen) atoms. The number of rotatable bonds is 7. The molecule has 1 heterocycles. The van der Waals surface area contributed by atoms with E-state index in [1.54, 1.807) is 42.8 Å². The van der Waals surface area contributed by atoms with Crippen LogP contribution >= 0.6 is 0 Å². The molecule has 0 unspecified atom stereocenters. The molecule has 0 aliphatic heterocycles. The van der Waals surface area contributed by atoms with E-state index in [-0.39, 0.29) is 12.5 Å². The Kier molecular flexibility index (Phi) is 7.38. The van der Waals surface area contributed by atoms with Crippen LogP contribution in [-0.4, -0.2) is 15.7 Å². The van der Waals surface area contributed by atoms with Crippen LogP contribution < -0.4 is 10.1 Å². The Morgan fingerprint density at radius 2 is 1.68 bits per heavy atom. The standard InChI is InChI=1S/C29H28F3N3O2/c1-18-11-12-19(2)26(13-18)37-17-23-8-5-9-24(14-23)28(36)33-27-20(3)34-35(21(27)4)16-22-7-6-10-25(15-22)29(30,31)32/h5-15H,16-17H2,1-4H3,(H,33,36). The number of nitrogens with zero attached hydrogens (tertiary/aromatic N) is 2. The summed E-state index contributed by atoms with van der Waals surface area (Å²) in [6.07, 6.45) is -4.41. The summed E-state index contributed by atoms with van der Waals surface area (Å²) in [4.78, 5) is 13.1. The Labute approximate surface area is 213 Å². The van der Waals surface area contributed by atoms with Crippen LogP contribution in [0.25, 0.3) is 0 Å². The summed E-state index contributed by atoms with van der Waals surface area (Å²) in [5, 5.41) is 7.35. The van der Waals surface area contributed by atoms with E-state index < -0.39 is 11.7 Å². The van der Waals surface area contributed by atoms with E-state index in [2.05, 4.69) is 10.4 Å². The molecule has 8 heteroatoms. The summed E-state index contributed by atoms with van der Waals surface area (Å²) in [5.74, 6) is 0.493. The Morgan fingerprint density at radius 1 is 0.946 bits per heavy atom. The number of halogens is 3.